The molecule has 0 heterocycles. The molecule has 0 spiro atoms. The van der Waals surface area contributed by atoms with Crippen LogP contribution in [0.5, 0.6) is 11.5 Å². The number of phenols is 2. The van der Waals surface area contributed by atoms with Gasteiger partial charge in [0.25, 0.3) is 0 Å². The fourth-order valence-corrected chi connectivity index (χ4v) is 3.73. The van der Waals surface area contributed by atoms with E-state index in [9.17, 15) is 10.2 Å². The van der Waals surface area contributed by atoms with Crippen molar-refractivity contribution in [2.75, 3.05) is 0 Å². The summed E-state index contributed by atoms with van der Waals surface area (Å²) in [7, 11) is 0. The first-order valence-electron chi connectivity index (χ1n) is 7.05. The summed E-state index contributed by atoms with van der Waals surface area (Å²) >= 11 is 0. The van der Waals surface area contributed by atoms with Gasteiger partial charge < -0.3 is 10.2 Å². The molecule has 0 radical (unpaired) electrons. The van der Waals surface area contributed by atoms with Gasteiger partial charge in [-0.3, -0.25) is 0 Å². The van der Waals surface area contributed by atoms with Crippen LogP contribution in [0.1, 0.15) is 11.1 Å². The van der Waals surface area contributed by atoms with Crippen LogP contribution in [0.25, 0.3) is 32.3 Å². The highest BCUT2D eigenvalue weighted by molar-refractivity contribution is 6.22. The molecule has 1 aliphatic carbocycles. The zero-order valence-electron chi connectivity index (χ0n) is 11.2. The second kappa shape index (κ2) is 3.47. The first kappa shape index (κ1) is 11.0. The lowest BCUT2D eigenvalue weighted by molar-refractivity contribution is 0.408. The zero-order valence-corrected chi connectivity index (χ0v) is 11.2. The van der Waals surface area contributed by atoms with Crippen molar-refractivity contribution >= 4 is 32.3 Å². The predicted molar refractivity (Wildman–Crippen MR) is 85.1 cm³/mol. The molecule has 0 unspecified atom stereocenters. The Morgan fingerprint density at radius 1 is 0.714 bits per heavy atom. The van der Waals surface area contributed by atoms with Crippen molar-refractivity contribution in [2.24, 2.45) is 0 Å². The van der Waals surface area contributed by atoms with Crippen molar-refractivity contribution in [2.45, 2.75) is 6.42 Å². The Hall–Kier alpha value is -2.74. The molecule has 2 N–H and O–H groups in total. The molecule has 5 rings (SSSR count). The maximum atomic E-state index is 10.2. The van der Waals surface area contributed by atoms with E-state index in [1.54, 1.807) is 6.07 Å². The average Bonchev–Trinajstić information content (AvgIpc) is 2.88. The molecule has 0 bridgehead atoms. The van der Waals surface area contributed by atoms with E-state index in [1.165, 1.54) is 27.3 Å². The first-order chi connectivity index (χ1) is 10.2. The van der Waals surface area contributed by atoms with Crippen LogP contribution in [0.15, 0.2) is 48.5 Å². The highest BCUT2D eigenvalue weighted by Crippen LogP contribution is 2.44. The number of aromatic hydroxyl groups is 2. The molecule has 0 saturated heterocycles. The molecule has 0 atom stereocenters. The van der Waals surface area contributed by atoms with E-state index < -0.39 is 0 Å². The Morgan fingerprint density at radius 3 is 2.48 bits per heavy atom. The van der Waals surface area contributed by atoms with Gasteiger partial charge in [0.05, 0.1) is 0 Å². The normalized spacial score (nSPS) is 13.0. The van der Waals surface area contributed by atoms with Crippen LogP contribution < -0.4 is 0 Å². The molecule has 2 nitrogen and oxygen atoms in total. The summed E-state index contributed by atoms with van der Waals surface area (Å²) in [5.41, 5.74) is 2.57. The van der Waals surface area contributed by atoms with Crippen molar-refractivity contribution in [3.05, 3.63) is 59.7 Å². The van der Waals surface area contributed by atoms with E-state index in [2.05, 4.69) is 30.3 Å². The number of rotatable bonds is 0. The van der Waals surface area contributed by atoms with Crippen LogP contribution in [0, 0.1) is 0 Å². The van der Waals surface area contributed by atoms with E-state index in [0.29, 0.717) is 0 Å². The fourth-order valence-electron chi connectivity index (χ4n) is 3.73. The Balaban J connectivity index is 2.11. The van der Waals surface area contributed by atoms with Gasteiger partial charge >= 0.3 is 0 Å². The molecule has 0 aliphatic heterocycles. The van der Waals surface area contributed by atoms with Gasteiger partial charge in [-0.2, -0.15) is 0 Å². The van der Waals surface area contributed by atoms with Gasteiger partial charge in [-0.05, 0) is 62.7 Å². The molecular formula is C19H12O2. The fraction of sp³-hybridized carbons (Fsp3) is 0.0526. The molecule has 2 heteroatoms. The van der Waals surface area contributed by atoms with Gasteiger partial charge in [0, 0.05) is 5.39 Å². The molecular weight excluding hydrogens is 260 g/mol. The second-order valence-corrected chi connectivity index (χ2v) is 5.74. The molecule has 21 heavy (non-hydrogen) atoms. The Labute approximate surface area is 120 Å². The first-order valence-corrected chi connectivity index (χ1v) is 7.05. The van der Waals surface area contributed by atoms with E-state index in [1.807, 2.05) is 12.1 Å². The number of hydrogen-bond acceptors (Lipinski definition) is 2. The van der Waals surface area contributed by atoms with Gasteiger partial charge in [0.2, 0.25) is 0 Å². The standard InChI is InChI=1S/C19H12O2/c20-16-7-6-13-14-5-4-10-2-1-3-11-8-12(18(14)17(10)11)9-15(13)19(16)21/h1-7,9,20-21H,8H2. The third-order valence-electron chi connectivity index (χ3n) is 4.64. The van der Waals surface area contributed by atoms with Crippen molar-refractivity contribution in [1.29, 1.82) is 0 Å². The average molecular weight is 272 g/mol. The maximum absolute atomic E-state index is 10.2. The van der Waals surface area contributed by atoms with Crippen LogP contribution in [0.4, 0.5) is 0 Å². The van der Waals surface area contributed by atoms with E-state index >= 15 is 0 Å². The monoisotopic (exact) mass is 272 g/mol. The largest absolute Gasteiger partial charge is 0.504 e. The summed E-state index contributed by atoms with van der Waals surface area (Å²) in [5, 5.41) is 26.7. The molecule has 4 aromatic carbocycles. The SMILES string of the molecule is Oc1ccc2c(cc3c4c2ccc2cccc(c24)C3)c1O. The van der Waals surface area contributed by atoms with E-state index in [4.69, 9.17) is 0 Å². The quantitative estimate of drug-likeness (QED) is 0.323. The zero-order chi connectivity index (χ0) is 14.1. The minimum atomic E-state index is -0.0642. The molecule has 0 aromatic heterocycles. The lowest BCUT2D eigenvalue weighted by atomic mass is 9.96. The summed E-state index contributed by atoms with van der Waals surface area (Å²) < 4.78 is 0. The van der Waals surface area contributed by atoms with Crippen LogP contribution in [-0.2, 0) is 6.42 Å². The maximum Gasteiger partial charge on any atom is 0.165 e. The molecule has 0 fully saturated rings. The topological polar surface area (TPSA) is 40.5 Å². The summed E-state index contributed by atoms with van der Waals surface area (Å²) in [6.45, 7) is 0. The van der Waals surface area contributed by atoms with Gasteiger partial charge in [-0.15, -0.1) is 0 Å². The predicted octanol–water partition coefficient (Wildman–Crippen LogP) is 4.46. The minimum Gasteiger partial charge on any atom is -0.504 e. The highest BCUT2D eigenvalue weighted by atomic mass is 16.3. The summed E-state index contributed by atoms with van der Waals surface area (Å²) in [6, 6.07) is 16.1. The van der Waals surface area contributed by atoms with Crippen LogP contribution >= 0.6 is 0 Å². The number of hydrogen-bond donors (Lipinski definition) is 2. The van der Waals surface area contributed by atoms with Crippen molar-refractivity contribution in [1.82, 2.24) is 0 Å². The summed E-state index contributed by atoms with van der Waals surface area (Å²) in [5.74, 6) is -0.0904. The smallest absolute Gasteiger partial charge is 0.165 e. The third kappa shape index (κ3) is 1.23. The van der Waals surface area contributed by atoms with Crippen molar-refractivity contribution in [3.8, 4) is 11.5 Å². The summed E-state index contributed by atoms with van der Waals surface area (Å²) in [6.07, 6.45) is 0.887. The number of benzene rings is 4. The molecule has 100 valence electrons. The van der Waals surface area contributed by atoms with Crippen LogP contribution in [-0.4, -0.2) is 10.2 Å². The van der Waals surface area contributed by atoms with E-state index in [0.717, 1.165) is 22.6 Å². The molecule has 0 saturated carbocycles. The minimum absolute atomic E-state index is 0.0262. The van der Waals surface area contributed by atoms with Gasteiger partial charge in [0.1, 0.15) is 0 Å². The van der Waals surface area contributed by atoms with E-state index in [-0.39, 0.29) is 11.5 Å². The number of phenolic OH excluding ortho intramolecular Hbond substituents is 2. The number of fused-ring (bicyclic) bond motifs is 2. The molecule has 1 aliphatic rings. The van der Waals surface area contributed by atoms with Gasteiger partial charge in [-0.25, -0.2) is 0 Å². The van der Waals surface area contributed by atoms with Crippen LogP contribution in [0.3, 0.4) is 0 Å². The van der Waals surface area contributed by atoms with Gasteiger partial charge in [-0.1, -0.05) is 30.3 Å². The Bertz CT molecular complexity index is 1080. The molecule has 0 amide bonds. The second-order valence-electron chi connectivity index (χ2n) is 5.74. The Morgan fingerprint density at radius 2 is 1.57 bits per heavy atom. The molecule has 4 aromatic rings. The summed E-state index contributed by atoms with van der Waals surface area (Å²) in [4.78, 5) is 0. The van der Waals surface area contributed by atoms with Crippen LogP contribution in [0.2, 0.25) is 0 Å². The lowest BCUT2D eigenvalue weighted by Crippen LogP contribution is -1.84. The Kier molecular flexibility index (Phi) is 1.81. The lowest BCUT2D eigenvalue weighted by Gasteiger charge is -2.09. The van der Waals surface area contributed by atoms with Gasteiger partial charge in [0.15, 0.2) is 11.5 Å². The van der Waals surface area contributed by atoms with Crippen molar-refractivity contribution < 1.29 is 10.2 Å². The third-order valence-corrected chi connectivity index (χ3v) is 4.64. The van der Waals surface area contributed by atoms with Crippen molar-refractivity contribution in [3.63, 3.8) is 0 Å². The highest BCUT2D eigenvalue weighted by Gasteiger charge is 2.20.